The summed E-state index contributed by atoms with van der Waals surface area (Å²) in [4.78, 5) is 34.3. The third-order valence-electron chi connectivity index (χ3n) is 3.52. The monoisotopic (exact) mass is 309 g/mol. The van der Waals surface area contributed by atoms with Crippen molar-refractivity contribution in [1.29, 1.82) is 0 Å². The number of non-ortho nitro benzene ring substituents is 1. The molecule has 23 heavy (non-hydrogen) atoms. The minimum Gasteiger partial charge on any atom is -0.366 e. The van der Waals surface area contributed by atoms with Crippen molar-refractivity contribution in [2.45, 2.75) is 0 Å². The van der Waals surface area contributed by atoms with Gasteiger partial charge in [0, 0.05) is 29.3 Å². The Bertz CT molecular complexity index is 942. The second-order valence-corrected chi connectivity index (χ2v) is 4.90. The number of nitrogens with two attached hydrogens (primary N) is 1. The van der Waals surface area contributed by atoms with E-state index >= 15 is 0 Å². The van der Waals surface area contributed by atoms with Gasteiger partial charge in [0.25, 0.3) is 17.5 Å². The maximum atomic E-state index is 12.6. The second-order valence-electron chi connectivity index (χ2n) is 4.90. The van der Waals surface area contributed by atoms with E-state index in [1.807, 2.05) is 0 Å². The highest BCUT2D eigenvalue weighted by Gasteiger charge is 2.18. The highest BCUT2D eigenvalue weighted by Crippen LogP contribution is 2.22. The zero-order valence-corrected chi connectivity index (χ0v) is 11.8. The molecule has 3 rings (SSSR count). The third-order valence-corrected chi connectivity index (χ3v) is 3.52. The molecule has 2 N–H and O–H groups in total. The van der Waals surface area contributed by atoms with Crippen molar-refractivity contribution in [2.24, 2.45) is 5.73 Å². The molecule has 0 aliphatic heterocycles. The van der Waals surface area contributed by atoms with Crippen LogP contribution in [-0.4, -0.2) is 21.3 Å². The Morgan fingerprint density at radius 1 is 1.04 bits per heavy atom. The summed E-state index contributed by atoms with van der Waals surface area (Å²) >= 11 is 0. The van der Waals surface area contributed by atoms with Crippen LogP contribution in [0, 0.1) is 10.1 Å². The van der Waals surface area contributed by atoms with E-state index < -0.39 is 16.7 Å². The molecule has 0 saturated heterocycles. The van der Waals surface area contributed by atoms with Crippen LogP contribution in [0.1, 0.15) is 20.7 Å². The van der Waals surface area contributed by atoms with E-state index in [1.54, 1.807) is 24.3 Å². The summed E-state index contributed by atoms with van der Waals surface area (Å²) in [6, 6.07) is 12.2. The largest absolute Gasteiger partial charge is 0.366 e. The lowest BCUT2D eigenvalue weighted by molar-refractivity contribution is -0.384. The van der Waals surface area contributed by atoms with Gasteiger partial charge < -0.3 is 5.73 Å². The van der Waals surface area contributed by atoms with Gasteiger partial charge in [0.15, 0.2) is 0 Å². The van der Waals surface area contributed by atoms with Crippen molar-refractivity contribution >= 4 is 28.4 Å². The van der Waals surface area contributed by atoms with Crippen LogP contribution in [0.25, 0.3) is 10.9 Å². The first-order chi connectivity index (χ1) is 11.0. The number of carbonyl (C=O) groups excluding carboxylic acids is 2. The molecule has 0 spiro atoms. The highest BCUT2D eigenvalue weighted by atomic mass is 16.6. The Morgan fingerprint density at radius 3 is 2.30 bits per heavy atom. The van der Waals surface area contributed by atoms with Crippen molar-refractivity contribution < 1.29 is 14.5 Å². The van der Waals surface area contributed by atoms with Crippen LogP contribution in [0.15, 0.2) is 54.7 Å². The van der Waals surface area contributed by atoms with Gasteiger partial charge in [-0.05, 0) is 18.2 Å². The van der Waals surface area contributed by atoms with Crippen LogP contribution in [0.2, 0.25) is 0 Å². The Labute approximate surface area is 130 Å². The number of para-hydroxylation sites is 1. The molecular formula is C16H11N3O4. The van der Waals surface area contributed by atoms with Gasteiger partial charge >= 0.3 is 0 Å². The molecule has 114 valence electrons. The topological polar surface area (TPSA) is 108 Å². The molecular weight excluding hydrogens is 298 g/mol. The molecule has 0 atom stereocenters. The number of fused-ring (bicyclic) bond motifs is 1. The average molecular weight is 309 g/mol. The number of nitrogens with zero attached hydrogens (tertiary/aromatic N) is 2. The van der Waals surface area contributed by atoms with Crippen LogP contribution in [0.4, 0.5) is 5.69 Å². The van der Waals surface area contributed by atoms with Crippen molar-refractivity contribution in [1.82, 2.24) is 4.57 Å². The minimum absolute atomic E-state index is 0.100. The van der Waals surface area contributed by atoms with Crippen molar-refractivity contribution in [3.05, 3.63) is 76.0 Å². The molecule has 1 aromatic heterocycles. The van der Waals surface area contributed by atoms with Crippen molar-refractivity contribution in [3.63, 3.8) is 0 Å². The fourth-order valence-electron chi connectivity index (χ4n) is 2.41. The molecule has 3 aromatic rings. The number of primary amides is 1. The second kappa shape index (κ2) is 5.38. The SMILES string of the molecule is NC(=O)c1cn(C(=O)c2ccc([N+](=O)[O-])cc2)c2ccccc12. The highest BCUT2D eigenvalue weighted by molar-refractivity contribution is 6.11. The smallest absolute Gasteiger partial charge is 0.269 e. The molecule has 0 fully saturated rings. The number of aromatic nitrogens is 1. The number of nitro benzene ring substituents is 1. The van der Waals surface area contributed by atoms with Crippen molar-refractivity contribution in [2.75, 3.05) is 0 Å². The number of benzene rings is 2. The Balaban J connectivity index is 2.11. The fourth-order valence-corrected chi connectivity index (χ4v) is 2.41. The van der Waals surface area contributed by atoms with E-state index in [0.29, 0.717) is 10.9 Å². The van der Waals surface area contributed by atoms with Gasteiger partial charge in [0.05, 0.1) is 16.0 Å². The molecule has 1 amide bonds. The van der Waals surface area contributed by atoms with Gasteiger partial charge in [0.1, 0.15) is 0 Å². The first-order valence-electron chi connectivity index (χ1n) is 6.68. The van der Waals surface area contributed by atoms with Gasteiger partial charge in [-0.1, -0.05) is 18.2 Å². The number of rotatable bonds is 3. The molecule has 7 nitrogen and oxygen atoms in total. The number of carbonyl (C=O) groups is 2. The summed E-state index contributed by atoms with van der Waals surface area (Å²) < 4.78 is 1.32. The quantitative estimate of drug-likeness (QED) is 0.591. The standard InChI is InChI=1S/C16H11N3O4/c17-15(20)13-9-18(14-4-2-1-3-12(13)14)16(21)10-5-7-11(8-6-10)19(22)23/h1-9H,(H2,17,20). The Morgan fingerprint density at radius 2 is 1.70 bits per heavy atom. The molecule has 0 unspecified atom stereocenters. The first-order valence-corrected chi connectivity index (χ1v) is 6.68. The lowest BCUT2D eigenvalue weighted by Crippen LogP contribution is -2.12. The molecule has 0 radical (unpaired) electrons. The molecule has 0 bridgehead atoms. The minimum atomic E-state index is -0.628. The average Bonchev–Trinajstić information content (AvgIpc) is 2.94. The number of amides is 1. The van der Waals surface area contributed by atoms with Crippen LogP contribution >= 0.6 is 0 Å². The molecule has 1 heterocycles. The summed E-state index contributed by atoms with van der Waals surface area (Å²) in [7, 11) is 0. The van der Waals surface area contributed by atoms with Gasteiger partial charge in [-0.2, -0.15) is 0 Å². The van der Waals surface area contributed by atoms with E-state index in [-0.39, 0.29) is 16.8 Å². The zero-order chi connectivity index (χ0) is 16.6. The summed E-state index contributed by atoms with van der Waals surface area (Å²) in [6.45, 7) is 0. The Hall–Kier alpha value is -3.48. The molecule has 2 aromatic carbocycles. The van der Waals surface area contributed by atoms with Gasteiger partial charge in [-0.15, -0.1) is 0 Å². The maximum Gasteiger partial charge on any atom is 0.269 e. The molecule has 0 aliphatic carbocycles. The fraction of sp³-hybridized carbons (Fsp3) is 0. The summed E-state index contributed by atoms with van der Waals surface area (Å²) in [5.41, 5.74) is 6.31. The predicted octanol–water partition coefficient (Wildman–Crippen LogP) is 2.34. The van der Waals surface area contributed by atoms with Gasteiger partial charge in [-0.25, -0.2) is 0 Å². The molecule has 0 aliphatic rings. The summed E-state index contributed by atoms with van der Waals surface area (Å²) in [6.07, 6.45) is 1.39. The van der Waals surface area contributed by atoms with Crippen LogP contribution < -0.4 is 5.73 Å². The summed E-state index contributed by atoms with van der Waals surface area (Å²) in [5.74, 6) is -1.03. The van der Waals surface area contributed by atoms with Gasteiger partial charge in [-0.3, -0.25) is 24.3 Å². The lowest BCUT2D eigenvalue weighted by Gasteiger charge is -2.03. The normalized spacial score (nSPS) is 10.6. The first kappa shape index (κ1) is 14.5. The van der Waals surface area contributed by atoms with E-state index in [4.69, 9.17) is 5.73 Å². The number of hydrogen-bond acceptors (Lipinski definition) is 4. The van der Waals surface area contributed by atoms with E-state index in [9.17, 15) is 19.7 Å². The lowest BCUT2D eigenvalue weighted by atomic mass is 10.1. The molecule has 7 heteroatoms. The zero-order valence-electron chi connectivity index (χ0n) is 11.8. The maximum absolute atomic E-state index is 12.6. The van der Waals surface area contributed by atoms with Crippen LogP contribution in [0.5, 0.6) is 0 Å². The van der Waals surface area contributed by atoms with Crippen LogP contribution in [-0.2, 0) is 0 Å². The number of nitro groups is 1. The third kappa shape index (κ3) is 2.44. The Kier molecular flexibility index (Phi) is 3.38. The van der Waals surface area contributed by atoms with Gasteiger partial charge in [0.2, 0.25) is 0 Å². The summed E-state index contributed by atoms with van der Waals surface area (Å²) in [5, 5.41) is 11.2. The van der Waals surface area contributed by atoms with E-state index in [1.165, 1.54) is 35.0 Å². The van der Waals surface area contributed by atoms with E-state index in [2.05, 4.69) is 0 Å². The predicted molar refractivity (Wildman–Crippen MR) is 83.3 cm³/mol. The number of hydrogen-bond donors (Lipinski definition) is 1. The van der Waals surface area contributed by atoms with E-state index in [0.717, 1.165) is 0 Å². The molecule has 0 saturated carbocycles. The van der Waals surface area contributed by atoms with Crippen LogP contribution in [0.3, 0.4) is 0 Å². The van der Waals surface area contributed by atoms with Crippen molar-refractivity contribution in [3.8, 4) is 0 Å².